The highest BCUT2D eigenvalue weighted by Gasteiger charge is 2.31. The van der Waals surface area contributed by atoms with E-state index in [4.69, 9.17) is 4.74 Å². The van der Waals surface area contributed by atoms with Gasteiger partial charge in [-0.25, -0.2) is 9.97 Å². The molecular weight excluding hydrogens is 342 g/mol. The third-order valence-electron chi connectivity index (χ3n) is 5.14. The van der Waals surface area contributed by atoms with Gasteiger partial charge in [0.1, 0.15) is 0 Å². The van der Waals surface area contributed by atoms with Gasteiger partial charge in [-0.1, -0.05) is 18.2 Å². The van der Waals surface area contributed by atoms with Gasteiger partial charge in [0.25, 0.3) is 5.91 Å². The van der Waals surface area contributed by atoms with Crippen LogP contribution >= 0.6 is 0 Å². The molecule has 0 saturated carbocycles. The maximum atomic E-state index is 13.0. The number of rotatable bonds is 5. The molecule has 0 radical (unpaired) electrons. The third-order valence-corrected chi connectivity index (χ3v) is 5.14. The van der Waals surface area contributed by atoms with Crippen LogP contribution in [0.2, 0.25) is 0 Å². The fourth-order valence-corrected chi connectivity index (χ4v) is 3.69. The van der Waals surface area contributed by atoms with Crippen molar-refractivity contribution in [3.63, 3.8) is 0 Å². The minimum absolute atomic E-state index is 0.0488. The van der Waals surface area contributed by atoms with Gasteiger partial charge in [-0.2, -0.15) is 0 Å². The number of morpholine rings is 1. The molecule has 2 aromatic rings. The Bertz CT molecular complexity index is 789. The molecule has 142 valence electrons. The lowest BCUT2D eigenvalue weighted by Gasteiger charge is -2.26. The summed E-state index contributed by atoms with van der Waals surface area (Å²) in [7, 11) is 0. The molecule has 1 amide bonds. The Morgan fingerprint density at radius 2 is 1.96 bits per heavy atom. The van der Waals surface area contributed by atoms with E-state index >= 15 is 0 Å². The van der Waals surface area contributed by atoms with Gasteiger partial charge in [-0.15, -0.1) is 0 Å². The van der Waals surface area contributed by atoms with Crippen LogP contribution in [0.5, 0.6) is 0 Å². The third kappa shape index (κ3) is 3.94. The van der Waals surface area contributed by atoms with E-state index in [1.807, 2.05) is 23.1 Å². The van der Waals surface area contributed by atoms with Gasteiger partial charge in [-0.05, 0) is 25.0 Å². The van der Waals surface area contributed by atoms with Crippen molar-refractivity contribution in [3.8, 4) is 0 Å². The quantitative estimate of drug-likeness (QED) is 0.869. The molecule has 1 atom stereocenters. The highest BCUT2D eigenvalue weighted by molar-refractivity contribution is 6.07. The summed E-state index contributed by atoms with van der Waals surface area (Å²) in [6.07, 6.45) is 4.10. The SMILES string of the molecule is CC1Cc2ccccc2N1C(=O)c1cnc(NCCN2CCOCC2)nc1. The molecule has 27 heavy (non-hydrogen) atoms. The van der Waals surface area contributed by atoms with E-state index in [9.17, 15) is 4.79 Å². The topological polar surface area (TPSA) is 70.6 Å². The first-order chi connectivity index (χ1) is 13.2. The number of hydrogen-bond donors (Lipinski definition) is 1. The van der Waals surface area contributed by atoms with Gasteiger partial charge in [0, 0.05) is 50.3 Å². The standard InChI is InChI=1S/C20H25N5O2/c1-15-12-16-4-2-3-5-18(16)25(15)19(26)17-13-22-20(23-14-17)21-6-7-24-8-10-27-11-9-24/h2-5,13-15H,6-12H2,1H3,(H,21,22,23). The van der Waals surface area contributed by atoms with E-state index in [0.29, 0.717) is 11.5 Å². The number of nitrogens with one attached hydrogen (secondary N) is 1. The Hall–Kier alpha value is -2.51. The number of nitrogens with zero attached hydrogens (tertiary/aromatic N) is 4. The molecule has 0 aliphatic carbocycles. The maximum Gasteiger partial charge on any atom is 0.261 e. The number of benzene rings is 1. The van der Waals surface area contributed by atoms with Crippen LogP contribution in [0.15, 0.2) is 36.7 Å². The van der Waals surface area contributed by atoms with Crippen LogP contribution in [-0.4, -0.2) is 66.2 Å². The molecule has 3 heterocycles. The molecule has 0 bridgehead atoms. The second-order valence-corrected chi connectivity index (χ2v) is 7.03. The molecule has 0 spiro atoms. The van der Waals surface area contributed by atoms with Crippen LogP contribution in [0.4, 0.5) is 11.6 Å². The van der Waals surface area contributed by atoms with Gasteiger partial charge in [0.05, 0.1) is 18.8 Å². The lowest BCUT2D eigenvalue weighted by atomic mass is 10.1. The monoisotopic (exact) mass is 367 g/mol. The smallest absolute Gasteiger partial charge is 0.261 e. The van der Waals surface area contributed by atoms with Crippen molar-refractivity contribution in [3.05, 3.63) is 47.8 Å². The number of carbonyl (C=O) groups excluding carboxylic acids is 1. The van der Waals surface area contributed by atoms with Gasteiger partial charge in [-0.3, -0.25) is 9.69 Å². The van der Waals surface area contributed by atoms with E-state index in [2.05, 4.69) is 33.2 Å². The second-order valence-electron chi connectivity index (χ2n) is 7.03. The number of aromatic nitrogens is 2. The lowest BCUT2D eigenvalue weighted by Crippen LogP contribution is -2.39. The van der Waals surface area contributed by atoms with Crippen LogP contribution in [0.3, 0.4) is 0 Å². The van der Waals surface area contributed by atoms with Crippen molar-refractivity contribution in [2.75, 3.05) is 49.6 Å². The van der Waals surface area contributed by atoms with Gasteiger partial charge < -0.3 is 15.0 Å². The molecule has 1 unspecified atom stereocenters. The van der Waals surface area contributed by atoms with E-state index in [0.717, 1.165) is 51.5 Å². The number of hydrogen-bond acceptors (Lipinski definition) is 6. The molecule has 2 aliphatic rings. The Kier molecular flexibility index (Phi) is 5.31. The van der Waals surface area contributed by atoms with Crippen molar-refractivity contribution in [2.24, 2.45) is 0 Å². The zero-order valence-electron chi connectivity index (χ0n) is 15.6. The number of carbonyl (C=O) groups is 1. The number of para-hydroxylation sites is 1. The molecule has 1 fully saturated rings. The van der Waals surface area contributed by atoms with Crippen LogP contribution in [0.25, 0.3) is 0 Å². The second kappa shape index (κ2) is 8.02. The van der Waals surface area contributed by atoms with Crippen molar-refractivity contribution in [2.45, 2.75) is 19.4 Å². The summed E-state index contributed by atoms with van der Waals surface area (Å²) in [4.78, 5) is 25.8. The summed E-state index contributed by atoms with van der Waals surface area (Å²) >= 11 is 0. The van der Waals surface area contributed by atoms with Crippen molar-refractivity contribution >= 4 is 17.5 Å². The lowest BCUT2D eigenvalue weighted by molar-refractivity contribution is 0.0398. The summed E-state index contributed by atoms with van der Waals surface area (Å²) in [5.74, 6) is 0.502. The predicted molar refractivity (Wildman–Crippen MR) is 104 cm³/mol. The van der Waals surface area contributed by atoms with Crippen molar-refractivity contribution < 1.29 is 9.53 Å². The highest BCUT2D eigenvalue weighted by Crippen LogP contribution is 2.32. The summed E-state index contributed by atoms with van der Waals surface area (Å²) in [6.45, 7) is 7.29. The van der Waals surface area contributed by atoms with Crippen molar-refractivity contribution in [1.82, 2.24) is 14.9 Å². The molecule has 1 aromatic heterocycles. The molecule has 7 nitrogen and oxygen atoms in total. The molecule has 7 heteroatoms. The first-order valence-corrected chi connectivity index (χ1v) is 9.50. The van der Waals surface area contributed by atoms with E-state index in [1.54, 1.807) is 12.4 Å². The maximum absolute atomic E-state index is 13.0. The average Bonchev–Trinajstić information content (AvgIpc) is 3.04. The normalized spacial score (nSPS) is 19.7. The minimum Gasteiger partial charge on any atom is -0.379 e. The number of ether oxygens (including phenoxy) is 1. The zero-order chi connectivity index (χ0) is 18.6. The molecule has 1 aromatic carbocycles. The van der Waals surface area contributed by atoms with E-state index in [1.165, 1.54) is 5.56 Å². The Morgan fingerprint density at radius 3 is 2.74 bits per heavy atom. The van der Waals surface area contributed by atoms with Crippen LogP contribution in [0.1, 0.15) is 22.8 Å². The largest absolute Gasteiger partial charge is 0.379 e. The Morgan fingerprint density at radius 1 is 1.22 bits per heavy atom. The first-order valence-electron chi connectivity index (χ1n) is 9.50. The number of fused-ring (bicyclic) bond motifs is 1. The van der Waals surface area contributed by atoms with Crippen molar-refractivity contribution in [1.29, 1.82) is 0 Å². The molecular formula is C20H25N5O2. The molecule has 2 aliphatic heterocycles. The summed E-state index contributed by atoms with van der Waals surface area (Å²) in [5.41, 5.74) is 2.71. The summed E-state index contributed by atoms with van der Waals surface area (Å²) in [5, 5.41) is 3.22. The first kappa shape index (κ1) is 17.9. The molecule has 1 N–H and O–H groups in total. The number of anilines is 2. The van der Waals surface area contributed by atoms with Crippen LogP contribution in [0, 0.1) is 0 Å². The summed E-state index contributed by atoms with van der Waals surface area (Å²) < 4.78 is 5.35. The molecule has 1 saturated heterocycles. The zero-order valence-corrected chi connectivity index (χ0v) is 15.6. The van der Waals surface area contributed by atoms with E-state index in [-0.39, 0.29) is 11.9 Å². The minimum atomic E-state index is -0.0488. The van der Waals surface area contributed by atoms with Gasteiger partial charge in [0.2, 0.25) is 5.95 Å². The van der Waals surface area contributed by atoms with Gasteiger partial charge >= 0.3 is 0 Å². The highest BCUT2D eigenvalue weighted by atomic mass is 16.5. The average molecular weight is 367 g/mol. The predicted octanol–water partition coefficient (Wildman–Crippen LogP) is 1.81. The molecule has 4 rings (SSSR count). The Labute approximate surface area is 159 Å². The van der Waals surface area contributed by atoms with Gasteiger partial charge in [0.15, 0.2) is 0 Å². The van der Waals surface area contributed by atoms with E-state index < -0.39 is 0 Å². The fraction of sp³-hybridized carbons (Fsp3) is 0.450. The summed E-state index contributed by atoms with van der Waals surface area (Å²) in [6, 6.07) is 8.20. The van der Waals surface area contributed by atoms with Crippen LogP contribution < -0.4 is 10.2 Å². The fourth-order valence-electron chi connectivity index (χ4n) is 3.69. The number of amides is 1. The van der Waals surface area contributed by atoms with Crippen LogP contribution in [-0.2, 0) is 11.2 Å². The Balaban J connectivity index is 1.36.